The monoisotopic (exact) mass is 593 g/mol. The van der Waals surface area contributed by atoms with Crippen molar-refractivity contribution in [3.63, 3.8) is 0 Å². The van der Waals surface area contributed by atoms with Crippen LogP contribution in [0.25, 0.3) is 0 Å². The Morgan fingerprint density at radius 1 is 1.02 bits per heavy atom. The van der Waals surface area contributed by atoms with Crippen molar-refractivity contribution in [2.24, 2.45) is 5.92 Å². The molecule has 2 heterocycles. The summed E-state index contributed by atoms with van der Waals surface area (Å²) in [6.07, 6.45) is 13.7. The number of benzene rings is 1. The lowest BCUT2D eigenvalue weighted by molar-refractivity contribution is -0.136. The van der Waals surface area contributed by atoms with Crippen LogP contribution in [0.4, 0.5) is 21.0 Å². The third-order valence-electron chi connectivity index (χ3n) is 8.85. The SMILES string of the molecule is CC(C)COC(=O)N1CCCC1C(=O)N(C)C1CCN(c2ccc(NC(=O)NC3C=CC(OC4CCCC4)=CC3)cc2)C1. The number of allylic oxidation sites excluding steroid dienone is 1. The van der Waals surface area contributed by atoms with E-state index in [0.717, 1.165) is 49.4 Å². The van der Waals surface area contributed by atoms with E-state index in [4.69, 9.17) is 9.47 Å². The third-order valence-corrected chi connectivity index (χ3v) is 8.85. The van der Waals surface area contributed by atoms with Crippen molar-refractivity contribution in [2.75, 3.05) is 43.5 Å². The Hall–Kier alpha value is -3.69. The molecule has 43 heavy (non-hydrogen) atoms. The first kappa shape index (κ1) is 30.8. The predicted molar refractivity (Wildman–Crippen MR) is 167 cm³/mol. The molecule has 10 heteroatoms. The lowest BCUT2D eigenvalue weighted by Crippen LogP contribution is -2.50. The van der Waals surface area contributed by atoms with Crippen LogP contribution < -0.4 is 15.5 Å². The van der Waals surface area contributed by atoms with Crippen molar-refractivity contribution in [1.29, 1.82) is 0 Å². The molecule has 3 fully saturated rings. The number of likely N-dealkylation sites (tertiary alicyclic amines) is 1. The van der Waals surface area contributed by atoms with Gasteiger partial charge in [0, 0.05) is 38.1 Å². The van der Waals surface area contributed by atoms with E-state index in [1.165, 1.54) is 12.8 Å². The number of amides is 4. The van der Waals surface area contributed by atoms with E-state index in [2.05, 4.69) is 21.6 Å². The van der Waals surface area contributed by atoms with Gasteiger partial charge in [0.15, 0.2) is 0 Å². The molecule has 234 valence electrons. The molecule has 3 unspecified atom stereocenters. The predicted octanol–water partition coefficient (Wildman–Crippen LogP) is 5.27. The summed E-state index contributed by atoms with van der Waals surface area (Å²) in [6, 6.07) is 7.10. The van der Waals surface area contributed by atoms with Gasteiger partial charge in [-0.3, -0.25) is 9.69 Å². The molecule has 3 atom stereocenters. The zero-order chi connectivity index (χ0) is 30.3. The van der Waals surface area contributed by atoms with Crippen LogP contribution in [0.5, 0.6) is 0 Å². The molecule has 10 nitrogen and oxygen atoms in total. The molecule has 4 aliphatic rings. The molecule has 1 aromatic rings. The summed E-state index contributed by atoms with van der Waals surface area (Å²) < 4.78 is 11.5. The van der Waals surface area contributed by atoms with Gasteiger partial charge in [0.1, 0.15) is 11.8 Å². The van der Waals surface area contributed by atoms with Gasteiger partial charge in [-0.15, -0.1) is 0 Å². The third kappa shape index (κ3) is 8.03. The van der Waals surface area contributed by atoms with Gasteiger partial charge in [-0.25, -0.2) is 9.59 Å². The Labute approximate surface area is 255 Å². The van der Waals surface area contributed by atoms with Crippen LogP contribution in [-0.4, -0.2) is 85.3 Å². The van der Waals surface area contributed by atoms with Gasteiger partial charge >= 0.3 is 12.1 Å². The lowest BCUT2D eigenvalue weighted by Gasteiger charge is -2.31. The molecular formula is C33H47N5O5. The van der Waals surface area contributed by atoms with E-state index in [0.29, 0.717) is 38.6 Å². The van der Waals surface area contributed by atoms with Crippen molar-refractivity contribution in [3.05, 3.63) is 48.3 Å². The number of nitrogens with zero attached hydrogens (tertiary/aromatic N) is 3. The number of carbonyl (C=O) groups is 3. The largest absolute Gasteiger partial charge is 0.491 e. The van der Waals surface area contributed by atoms with Crippen LogP contribution in [0.1, 0.15) is 65.2 Å². The first-order chi connectivity index (χ1) is 20.8. The first-order valence-electron chi connectivity index (χ1n) is 15.9. The molecule has 0 spiro atoms. The molecule has 0 radical (unpaired) electrons. The second kappa shape index (κ2) is 14.2. The van der Waals surface area contributed by atoms with Crippen molar-refractivity contribution < 1.29 is 23.9 Å². The van der Waals surface area contributed by atoms with Crippen LogP contribution in [0.3, 0.4) is 0 Å². The molecule has 4 amide bonds. The smallest absolute Gasteiger partial charge is 0.410 e. The molecule has 0 bridgehead atoms. The Kier molecular flexibility index (Phi) is 10.1. The summed E-state index contributed by atoms with van der Waals surface area (Å²) in [4.78, 5) is 44.3. The van der Waals surface area contributed by atoms with Gasteiger partial charge in [0.25, 0.3) is 0 Å². The normalized spacial score (nSPS) is 23.8. The molecule has 5 rings (SSSR count). The van der Waals surface area contributed by atoms with Gasteiger partial charge in [-0.05, 0) is 93.7 Å². The maximum absolute atomic E-state index is 13.4. The molecular weight excluding hydrogens is 546 g/mol. The molecule has 1 aromatic carbocycles. The van der Waals surface area contributed by atoms with Crippen LogP contribution in [-0.2, 0) is 14.3 Å². The summed E-state index contributed by atoms with van der Waals surface area (Å²) in [5, 5.41) is 5.94. The average molecular weight is 594 g/mol. The fourth-order valence-corrected chi connectivity index (χ4v) is 6.36. The van der Waals surface area contributed by atoms with Gasteiger partial charge in [-0.2, -0.15) is 0 Å². The van der Waals surface area contributed by atoms with Crippen molar-refractivity contribution in [3.8, 4) is 0 Å². The van der Waals surface area contributed by atoms with Crippen LogP contribution in [0, 0.1) is 5.92 Å². The van der Waals surface area contributed by atoms with Gasteiger partial charge in [-0.1, -0.05) is 19.9 Å². The maximum atomic E-state index is 13.4. The minimum atomic E-state index is -0.456. The fourth-order valence-electron chi connectivity index (χ4n) is 6.36. The van der Waals surface area contributed by atoms with Crippen molar-refractivity contribution in [2.45, 2.75) is 89.4 Å². The standard InChI is InChI=1S/C33H47N5O5/c1-23(2)22-42-33(41)38-19-6-9-30(38)31(39)36(3)27-18-20-37(21-27)26-14-10-24(11-15-26)34-32(40)35-25-12-16-29(17-13-25)43-28-7-4-5-8-28/h10-12,14-17,23,25,27-28,30H,4-9,13,18-22H2,1-3H3,(H2,34,35,40). The summed E-state index contributed by atoms with van der Waals surface area (Å²) in [5.74, 6) is 1.14. The number of urea groups is 1. The molecule has 2 aliphatic carbocycles. The Bertz CT molecular complexity index is 1190. The number of anilines is 2. The Morgan fingerprint density at radius 2 is 1.79 bits per heavy atom. The summed E-state index contributed by atoms with van der Waals surface area (Å²) in [7, 11) is 1.85. The zero-order valence-electron chi connectivity index (χ0n) is 25.8. The molecule has 2 saturated heterocycles. The van der Waals surface area contributed by atoms with Crippen molar-refractivity contribution in [1.82, 2.24) is 15.1 Å². The average Bonchev–Trinajstić information content (AvgIpc) is 3.79. The Balaban J connectivity index is 1.06. The van der Waals surface area contributed by atoms with E-state index in [1.807, 2.05) is 62.2 Å². The minimum Gasteiger partial charge on any atom is -0.491 e. The minimum absolute atomic E-state index is 0.0164. The number of hydrogen-bond acceptors (Lipinski definition) is 6. The lowest BCUT2D eigenvalue weighted by atomic mass is 10.1. The Morgan fingerprint density at radius 3 is 2.49 bits per heavy atom. The maximum Gasteiger partial charge on any atom is 0.410 e. The number of likely N-dealkylation sites (N-methyl/N-ethyl adjacent to an activating group) is 1. The van der Waals surface area contributed by atoms with Crippen LogP contribution >= 0.6 is 0 Å². The number of ether oxygens (including phenoxy) is 2. The van der Waals surface area contributed by atoms with Crippen molar-refractivity contribution >= 4 is 29.4 Å². The highest BCUT2D eigenvalue weighted by molar-refractivity contribution is 5.90. The number of hydrogen-bond donors (Lipinski definition) is 2. The highest BCUT2D eigenvalue weighted by Gasteiger charge is 2.39. The van der Waals surface area contributed by atoms with Gasteiger partial charge < -0.3 is 29.9 Å². The summed E-state index contributed by atoms with van der Waals surface area (Å²) >= 11 is 0. The molecule has 0 aromatic heterocycles. The molecule has 2 N–H and O–H groups in total. The molecule has 2 aliphatic heterocycles. The van der Waals surface area contributed by atoms with Crippen LogP contribution in [0.15, 0.2) is 48.3 Å². The first-order valence-corrected chi connectivity index (χ1v) is 15.9. The molecule has 1 saturated carbocycles. The van der Waals surface area contributed by atoms with E-state index in [-0.39, 0.29) is 29.9 Å². The summed E-state index contributed by atoms with van der Waals surface area (Å²) in [5.41, 5.74) is 1.76. The highest BCUT2D eigenvalue weighted by atomic mass is 16.6. The van der Waals surface area contributed by atoms with E-state index in [9.17, 15) is 14.4 Å². The second-order valence-electron chi connectivity index (χ2n) is 12.6. The second-order valence-corrected chi connectivity index (χ2v) is 12.6. The van der Waals surface area contributed by atoms with Gasteiger partial charge in [0.05, 0.1) is 24.8 Å². The van der Waals surface area contributed by atoms with Crippen LogP contribution in [0.2, 0.25) is 0 Å². The van der Waals surface area contributed by atoms with E-state index < -0.39 is 12.1 Å². The highest BCUT2D eigenvalue weighted by Crippen LogP contribution is 2.28. The zero-order valence-corrected chi connectivity index (χ0v) is 25.8. The number of rotatable bonds is 9. The number of nitrogens with one attached hydrogen (secondary N) is 2. The van der Waals surface area contributed by atoms with Gasteiger partial charge in [0.2, 0.25) is 5.91 Å². The quantitative estimate of drug-likeness (QED) is 0.404. The van der Waals surface area contributed by atoms with E-state index >= 15 is 0 Å². The number of carbonyl (C=O) groups excluding carboxylic acids is 3. The van der Waals surface area contributed by atoms with E-state index in [1.54, 1.807) is 4.90 Å². The summed E-state index contributed by atoms with van der Waals surface area (Å²) in [6.45, 7) is 6.45. The fraction of sp³-hybridized carbons (Fsp3) is 0.606. The topological polar surface area (TPSA) is 103 Å².